The molecule has 3 heteroatoms. The second-order valence-electron chi connectivity index (χ2n) is 5.35. The molecule has 2 aromatic rings. The third kappa shape index (κ3) is 4.08. The van der Waals surface area contributed by atoms with E-state index in [0.717, 1.165) is 37.5 Å². The van der Waals surface area contributed by atoms with Crippen molar-refractivity contribution in [1.82, 2.24) is 5.32 Å². The number of hydrogen-bond donors (Lipinski definition) is 1. The maximum atomic E-state index is 5.82. The summed E-state index contributed by atoms with van der Waals surface area (Å²) in [6.45, 7) is 6.96. The van der Waals surface area contributed by atoms with Gasteiger partial charge >= 0.3 is 0 Å². The summed E-state index contributed by atoms with van der Waals surface area (Å²) >= 11 is 0. The fourth-order valence-electron chi connectivity index (χ4n) is 2.09. The van der Waals surface area contributed by atoms with Gasteiger partial charge in [-0.2, -0.15) is 0 Å². The van der Waals surface area contributed by atoms with Crippen LogP contribution < -0.4 is 5.32 Å². The molecular weight excluding hydrogens is 238 g/mol. The molecule has 1 aromatic carbocycles. The molecule has 0 bridgehead atoms. The summed E-state index contributed by atoms with van der Waals surface area (Å²) in [6, 6.07) is 8.46. The maximum absolute atomic E-state index is 5.82. The molecule has 0 saturated heterocycles. The molecule has 0 aliphatic rings. The highest BCUT2D eigenvalue weighted by atomic mass is 16.5. The van der Waals surface area contributed by atoms with Crippen LogP contribution in [-0.2, 0) is 17.7 Å². The zero-order valence-corrected chi connectivity index (χ0v) is 12.0. The normalized spacial score (nSPS) is 11.6. The molecule has 0 radical (unpaired) electrons. The van der Waals surface area contributed by atoms with Gasteiger partial charge < -0.3 is 14.5 Å². The fraction of sp³-hybridized carbons (Fsp3) is 0.500. The molecule has 104 valence electrons. The lowest BCUT2D eigenvalue weighted by Gasteiger charge is -2.04. The van der Waals surface area contributed by atoms with E-state index in [9.17, 15) is 0 Å². The molecule has 19 heavy (non-hydrogen) atoms. The first-order valence-corrected chi connectivity index (χ1v) is 6.90. The molecule has 0 aliphatic carbocycles. The Bertz CT molecular complexity index is 516. The average molecular weight is 261 g/mol. The molecule has 2 rings (SSSR count). The topological polar surface area (TPSA) is 34.4 Å². The van der Waals surface area contributed by atoms with Crippen LogP contribution in [-0.4, -0.2) is 20.3 Å². The van der Waals surface area contributed by atoms with E-state index in [1.54, 1.807) is 7.11 Å². The van der Waals surface area contributed by atoms with Gasteiger partial charge in [0.05, 0.1) is 13.2 Å². The summed E-state index contributed by atoms with van der Waals surface area (Å²) in [7, 11) is 1.73. The minimum Gasteiger partial charge on any atom is -0.460 e. The van der Waals surface area contributed by atoms with Crippen molar-refractivity contribution in [3.63, 3.8) is 0 Å². The van der Waals surface area contributed by atoms with Crippen molar-refractivity contribution in [2.75, 3.05) is 20.3 Å². The lowest BCUT2D eigenvalue weighted by molar-refractivity contribution is 0.202. The Balaban J connectivity index is 2.03. The van der Waals surface area contributed by atoms with Gasteiger partial charge in [0.15, 0.2) is 0 Å². The second kappa shape index (κ2) is 6.73. The third-order valence-electron chi connectivity index (χ3n) is 3.08. The van der Waals surface area contributed by atoms with Gasteiger partial charge in [-0.1, -0.05) is 19.9 Å². The summed E-state index contributed by atoms with van der Waals surface area (Å²) < 4.78 is 10.9. The predicted octanol–water partition coefficient (Wildman–Crippen LogP) is 3.37. The van der Waals surface area contributed by atoms with Gasteiger partial charge in [-0.25, -0.2) is 0 Å². The van der Waals surface area contributed by atoms with Crippen LogP contribution in [0.3, 0.4) is 0 Å². The zero-order chi connectivity index (χ0) is 13.7. The molecule has 1 aromatic heterocycles. The van der Waals surface area contributed by atoms with Crippen LogP contribution in [0.25, 0.3) is 11.0 Å². The summed E-state index contributed by atoms with van der Waals surface area (Å²) in [4.78, 5) is 0. The van der Waals surface area contributed by atoms with Crippen molar-refractivity contribution in [2.24, 2.45) is 5.92 Å². The molecule has 0 saturated carbocycles. The average Bonchev–Trinajstić information content (AvgIpc) is 2.77. The van der Waals surface area contributed by atoms with Crippen LogP contribution in [0.2, 0.25) is 0 Å². The molecular formula is C16H23NO2. The Kier molecular flexibility index (Phi) is 5.00. The van der Waals surface area contributed by atoms with E-state index in [0.29, 0.717) is 5.92 Å². The first kappa shape index (κ1) is 14.1. The van der Waals surface area contributed by atoms with Crippen LogP contribution in [0, 0.1) is 5.92 Å². The van der Waals surface area contributed by atoms with Crippen LogP contribution in [0.5, 0.6) is 0 Å². The van der Waals surface area contributed by atoms with Gasteiger partial charge in [0.2, 0.25) is 0 Å². The van der Waals surface area contributed by atoms with Gasteiger partial charge in [0.1, 0.15) is 11.3 Å². The van der Waals surface area contributed by atoms with Crippen molar-refractivity contribution >= 4 is 11.0 Å². The Hall–Kier alpha value is -1.32. The number of nitrogens with one attached hydrogen (secondary N) is 1. The van der Waals surface area contributed by atoms with Crippen molar-refractivity contribution in [3.8, 4) is 0 Å². The Morgan fingerprint density at radius 3 is 2.84 bits per heavy atom. The molecule has 1 N–H and O–H groups in total. The van der Waals surface area contributed by atoms with Crippen LogP contribution in [0.4, 0.5) is 0 Å². The summed E-state index contributed by atoms with van der Waals surface area (Å²) in [6.07, 6.45) is 0.943. The highest BCUT2D eigenvalue weighted by molar-refractivity contribution is 5.78. The van der Waals surface area contributed by atoms with Gasteiger partial charge in [-0.05, 0) is 42.6 Å². The summed E-state index contributed by atoms with van der Waals surface area (Å²) in [5.74, 6) is 1.66. The number of rotatable bonds is 7. The zero-order valence-electron chi connectivity index (χ0n) is 12.0. The smallest absolute Gasteiger partial charge is 0.134 e. The van der Waals surface area contributed by atoms with E-state index in [1.807, 2.05) is 6.07 Å². The maximum Gasteiger partial charge on any atom is 0.134 e. The monoisotopic (exact) mass is 261 g/mol. The number of benzene rings is 1. The predicted molar refractivity (Wildman–Crippen MR) is 78.3 cm³/mol. The molecule has 0 spiro atoms. The van der Waals surface area contributed by atoms with Crippen molar-refractivity contribution in [1.29, 1.82) is 0 Å². The van der Waals surface area contributed by atoms with E-state index in [4.69, 9.17) is 9.15 Å². The molecule has 0 aliphatic heterocycles. The number of ether oxygens (including phenoxy) is 1. The Morgan fingerprint density at radius 2 is 2.11 bits per heavy atom. The number of hydrogen-bond acceptors (Lipinski definition) is 3. The number of methoxy groups -OCH3 is 1. The van der Waals surface area contributed by atoms with Gasteiger partial charge in [-0.15, -0.1) is 0 Å². The lowest BCUT2D eigenvalue weighted by Crippen LogP contribution is -2.18. The SMILES string of the molecule is COCCc1ccc2oc(CNCC(C)C)cc2c1. The first-order valence-electron chi connectivity index (χ1n) is 6.90. The largest absolute Gasteiger partial charge is 0.460 e. The van der Waals surface area contributed by atoms with Crippen LogP contribution in [0.1, 0.15) is 25.2 Å². The molecule has 0 unspecified atom stereocenters. The second-order valence-corrected chi connectivity index (χ2v) is 5.35. The van der Waals surface area contributed by atoms with E-state index in [-0.39, 0.29) is 0 Å². The quantitative estimate of drug-likeness (QED) is 0.830. The highest BCUT2D eigenvalue weighted by Crippen LogP contribution is 2.21. The number of fused-ring (bicyclic) bond motifs is 1. The number of furan rings is 1. The first-order chi connectivity index (χ1) is 9.19. The minimum absolute atomic E-state index is 0.657. The third-order valence-corrected chi connectivity index (χ3v) is 3.08. The molecule has 0 fully saturated rings. The molecule has 3 nitrogen and oxygen atoms in total. The van der Waals surface area contributed by atoms with E-state index >= 15 is 0 Å². The van der Waals surface area contributed by atoms with E-state index < -0.39 is 0 Å². The molecule has 0 atom stereocenters. The summed E-state index contributed by atoms with van der Waals surface area (Å²) in [5, 5.41) is 4.57. The van der Waals surface area contributed by atoms with Crippen LogP contribution in [0.15, 0.2) is 28.7 Å². The Morgan fingerprint density at radius 1 is 1.26 bits per heavy atom. The van der Waals surface area contributed by atoms with Crippen molar-refractivity contribution in [2.45, 2.75) is 26.8 Å². The van der Waals surface area contributed by atoms with E-state index in [1.165, 1.54) is 10.9 Å². The van der Waals surface area contributed by atoms with Crippen molar-refractivity contribution in [3.05, 3.63) is 35.6 Å². The van der Waals surface area contributed by atoms with E-state index in [2.05, 4.69) is 37.4 Å². The van der Waals surface area contributed by atoms with Gasteiger partial charge in [0.25, 0.3) is 0 Å². The standard InChI is InChI=1S/C16H23NO2/c1-12(2)10-17-11-15-9-14-8-13(6-7-18-3)4-5-16(14)19-15/h4-5,8-9,12,17H,6-7,10-11H2,1-3H3. The lowest BCUT2D eigenvalue weighted by atomic mass is 10.1. The molecule has 1 heterocycles. The minimum atomic E-state index is 0.657. The van der Waals surface area contributed by atoms with Crippen LogP contribution >= 0.6 is 0 Å². The van der Waals surface area contributed by atoms with Gasteiger partial charge in [0, 0.05) is 12.5 Å². The summed E-state index contributed by atoms with van der Waals surface area (Å²) in [5.41, 5.74) is 2.25. The Labute approximate surface area is 114 Å². The highest BCUT2D eigenvalue weighted by Gasteiger charge is 2.05. The van der Waals surface area contributed by atoms with Gasteiger partial charge in [-0.3, -0.25) is 0 Å². The fourth-order valence-corrected chi connectivity index (χ4v) is 2.09. The molecule has 0 amide bonds. The van der Waals surface area contributed by atoms with Crippen molar-refractivity contribution < 1.29 is 9.15 Å².